The molecule has 4 amide bonds. The van der Waals surface area contributed by atoms with Crippen molar-refractivity contribution in [1.29, 1.82) is 0 Å². The molecule has 2 rings (SSSR count). The summed E-state index contributed by atoms with van der Waals surface area (Å²) in [5, 5.41) is 22.8. The van der Waals surface area contributed by atoms with Crippen LogP contribution in [0.1, 0.15) is 92.7 Å². The number of benzene rings is 1. The molecular weight excluding hydrogens is 638 g/mol. The smallest absolute Gasteiger partial charge is 0.243 e. The molecule has 1 saturated heterocycles. The zero-order chi connectivity index (χ0) is 37.7. The number of ether oxygens (including phenoxy) is 2. The van der Waals surface area contributed by atoms with Crippen LogP contribution in [-0.2, 0) is 28.7 Å². The highest BCUT2D eigenvalue weighted by Gasteiger charge is 2.42. The lowest BCUT2D eigenvalue weighted by molar-refractivity contribution is -0.143. The lowest BCUT2D eigenvalue weighted by Gasteiger charge is -2.37. The van der Waals surface area contributed by atoms with Gasteiger partial charge in [0.05, 0.1) is 54.8 Å². The number of nitrogens with zero attached hydrogens (tertiary/aromatic N) is 1. The van der Waals surface area contributed by atoms with E-state index in [0.717, 1.165) is 12.8 Å². The van der Waals surface area contributed by atoms with Crippen molar-refractivity contribution in [2.75, 3.05) is 27.8 Å². The first kappa shape index (κ1) is 43.1. The third-order valence-electron chi connectivity index (χ3n) is 10.3. The molecule has 12 heteroatoms. The lowest BCUT2D eigenvalue weighted by Crippen LogP contribution is -2.59. The fourth-order valence-electron chi connectivity index (χ4n) is 6.96. The molecule has 5 N–H and O–H groups in total. The second-order valence-corrected chi connectivity index (χ2v) is 14.6. The van der Waals surface area contributed by atoms with Crippen molar-refractivity contribution in [3.8, 4) is 0 Å². The number of rotatable bonds is 20. The summed E-state index contributed by atoms with van der Waals surface area (Å²) in [6.45, 7) is 15.7. The van der Waals surface area contributed by atoms with Crippen LogP contribution in [0.3, 0.4) is 0 Å². The van der Waals surface area contributed by atoms with Crippen LogP contribution in [-0.4, -0.2) is 104 Å². The van der Waals surface area contributed by atoms with Crippen LogP contribution in [0.15, 0.2) is 30.3 Å². The lowest BCUT2D eigenvalue weighted by atomic mass is 9.90. The first-order chi connectivity index (χ1) is 23.6. The van der Waals surface area contributed by atoms with Gasteiger partial charge in [0.1, 0.15) is 6.04 Å². The minimum Gasteiger partial charge on any atom is -0.386 e. The van der Waals surface area contributed by atoms with Crippen molar-refractivity contribution >= 4 is 23.6 Å². The van der Waals surface area contributed by atoms with Gasteiger partial charge in [-0.25, -0.2) is 0 Å². The van der Waals surface area contributed by atoms with Gasteiger partial charge < -0.3 is 40.7 Å². The predicted molar refractivity (Wildman–Crippen MR) is 195 cm³/mol. The van der Waals surface area contributed by atoms with E-state index in [9.17, 15) is 24.3 Å². The average Bonchev–Trinajstić information content (AvgIpc) is 3.58. The Morgan fingerprint density at radius 1 is 0.860 bits per heavy atom. The zero-order valence-corrected chi connectivity index (χ0v) is 32.2. The van der Waals surface area contributed by atoms with Gasteiger partial charge in [-0.2, -0.15) is 0 Å². The Kier molecular flexibility index (Phi) is 17.9. The fraction of sp³-hybridized carbons (Fsp3) is 0.737. The highest BCUT2D eigenvalue weighted by atomic mass is 16.5. The summed E-state index contributed by atoms with van der Waals surface area (Å²) in [5.74, 6) is -1.75. The molecule has 0 saturated carbocycles. The van der Waals surface area contributed by atoms with Crippen molar-refractivity contribution in [3.63, 3.8) is 0 Å². The van der Waals surface area contributed by atoms with Gasteiger partial charge in [0.15, 0.2) is 0 Å². The maximum atomic E-state index is 14.0. The van der Waals surface area contributed by atoms with Crippen molar-refractivity contribution in [1.82, 2.24) is 26.2 Å². The Morgan fingerprint density at radius 2 is 1.46 bits per heavy atom. The van der Waals surface area contributed by atoms with Crippen molar-refractivity contribution < 1.29 is 33.8 Å². The molecule has 12 nitrogen and oxygen atoms in total. The fourth-order valence-corrected chi connectivity index (χ4v) is 6.96. The molecule has 0 aromatic heterocycles. The number of methoxy groups -OCH3 is 2. The number of aliphatic hydroxyl groups excluding tert-OH is 1. The van der Waals surface area contributed by atoms with E-state index in [1.807, 2.05) is 71.9 Å². The molecule has 1 heterocycles. The summed E-state index contributed by atoms with van der Waals surface area (Å²) in [4.78, 5) is 56.0. The Balaban J connectivity index is 2.19. The third kappa shape index (κ3) is 11.5. The molecular formula is C38H65N5O7. The number of likely N-dealkylation sites (tertiary alicyclic amines) is 1. The molecule has 1 aliphatic rings. The summed E-state index contributed by atoms with van der Waals surface area (Å²) in [6, 6.07) is 6.59. The van der Waals surface area contributed by atoms with Gasteiger partial charge in [-0.1, -0.05) is 85.2 Å². The molecule has 284 valence electrons. The molecule has 0 bridgehead atoms. The van der Waals surface area contributed by atoms with Gasteiger partial charge in [0.25, 0.3) is 0 Å². The maximum Gasteiger partial charge on any atom is 0.243 e. The number of nitrogens with one attached hydrogen (secondary N) is 4. The third-order valence-corrected chi connectivity index (χ3v) is 10.3. The maximum absolute atomic E-state index is 14.0. The number of carbonyl (C=O) groups excluding carboxylic acids is 4. The van der Waals surface area contributed by atoms with Gasteiger partial charge in [-0.15, -0.1) is 0 Å². The van der Waals surface area contributed by atoms with E-state index in [0.29, 0.717) is 18.5 Å². The molecule has 1 aromatic rings. The van der Waals surface area contributed by atoms with Gasteiger partial charge in [-0.3, -0.25) is 19.2 Å². The van der Waals surface area contributed by atoms with E-state index in [1.165, 1.54) is 7.11 Å². The monoisotopic (exact) mass is 703 g/mol. The summed E-state index contributed by atoms with van der Waals surface area (Å²) in [6.07, 6.45) is 0.108. The zero-order valence-electron chi connectivity index (χ0n) is 32.2. The van der Waals surface area contributed by atoms with Crippen LogP contribution >= 0.6 is 0 Å². The first-order valence-corrected chi connectivity index (χ1v) is 18.3. The second-order valence-electron chi connectivity index (χ2n) is 14.6. The number of likely N-dealkylation sites (N-methyl/N-ethyl adjacent to an activating group) is 1. The summed E-state index contributed by atoms with van der Waals surface area (Å²) in [7, 11) is 4.81. The largest absolute Gasteiger partial charge is 0.386 e. The van der Waals surface area contributed by atoms with Crippen LogP contribution in [0.5, 0.6) is 0 Å². The molecule has 0 radical (unpaired) electrons. The van der Waals surface area contributed by atoms with Crippen LogP contribution < -0.4 is 21.3 Å². The van der Waals surface area contributed by atoms with E-state index in [4.69, 9.17) is 9.47 Å². The Hall–Kier alpha value is -3.06. The summed E-state index contributed by atoms with van der Waals surface area (Å²) >= 11 is 0. The van der Waals surface area contributed by atoms with E-state index in [-0.39, 0.29) is 53.8 Å². The Labute approximate surface area is 300 Å². The molecule has 0 spiro atoms. The minimum atomic E-state index is -0.875. The number of hydrogen-bond donors (Lipinski definition) is 5. The predicted octanol–water partition coefficient (Wildman–Crippen LogP) is 3.19. The average molecular weight is 704 g/mol. The highest BCUT2D eigenvalue weighted by molar-refractivity contribution is 5.90. The summed E-state index contributed by atoms with van der Waals surface area (Å²) in [5.41, 5.74) is 0.710. The van der Waals surface area contributed by atoms with E-state index in [1.54, 1.807) is 32.9 Å². The van der Waals surface area contributed by atoms with Crippen molar-refractivity contribution in [3.05, 3.63) is 35.9 Å². The number of aliphatic hydroxyl groups is 1. The SMILES string of the molecule is CCC(C)[C@H](NC(=O)[C@@H](NC(=O)[C@@H](NC)C(C)C)C(C)C)[C@@H](CC(=O)N1CCC[C@H]1[C@H](OC)[C@@H](C)C(=O)N[C@H](C)[C@@H](O)c1ccccc1)OC. The van der Waals surface area contributed by atoms with E-state index in [2.05, 4.69) is 21.3 Å². The van der Waals surface area contributed by atoms with Crippen LogP contribution in [0, 0.1) is 23.7 Å². The molecule has 0 aliphatic carbocycles. The molecule has 1 aliphatic heterocycles. The highest BCUT2D eigenvalue weighted by Crippen LogP contribution is 2.29. The van der Waals surface area contributed by atoms with Crippen LogP contribution in [0.4, 0.5) is 0 Å². The van der Waals surface area contributed by atoms with Gasteiger partial charge in [-0.05, 0) is 50.1 Å². The normalized spacial score (nSPS) is 20.3. The van der Waals surface area contributed by atoms with Crippen molar-refractivity contribution in [2.24, 2.45) is 23.7 Å². The standard InChI is InChI=1S/C38H65N5O7/c1-12-24(6)33(42-38(48)32(23(4)5)41-37(47)31(39-9)22(2)3)29(49-10)21-30(44)43-20-16-19-28(43)35(50-11)25(7)36(46)40-26(8)34(45)27-17-14-13-15-18-27/h13-15,17-18,22-26,28-29,31-35,39,45H,12,16,19-21H2,1-11H3,(H,40,46)(H,41,47)(H,42,48)/t24?,25-,26-,28+,29-,31+,32+,33+,34-,35-/m1/s1. The van der Waals surface area contributed by atoms with Gasteiger partial charge in [0.2, 0.25) is 23.6 Å². The second kappa shape index (κ2) is 20.7. The van der Waals surface area contributed by atoms with Gasteiger partial charge in [0, 0.05) is 20.8 Å². The van der Waals surface area contributed by atoms with Crippen molar-refractivity contribution in [2.45, 2.75) is 130 Å². The topological polar surface area (TPSA) is 158 Å². The quantitative estimate of drug-likeness (QED) is 0.139. The van der Waals surface area contributed by atoms with E-state index < -0.39 is 48.4 Å². The molecule has 1 unspecified atom stereocenters. The molecule has 1 aromatic carbocycles. The van der Waals surface area contributed by atoms with Crippen LogP contribution in [0.25, 0.3) is 0 Å². The molecule has 1 fully saturated rings. The minimum absolute atomic E-state index is 0.0213. The Bertz CT molecular complexity index is 1220. The molecule has 10 atom stereocenters. The van der Waals surface area contributed by atoms with Gasteiger partial charge >= 0.3 is 0 Å². The first-order valence-electron chi connectivity index (χ1n) is 18.3. The Morgan fingerprint density at radius 3 is 1.98 bits per heavy atom. The number of hydrogen-bond acceptors (Lipinski definition) is 8. The van der Waals surface area contributed by atoms with Crippen LogP contribution in [0.2, 0.25) is 0 Å². The molecule has 50 heavy (non-hydrogen) atoms. The number of amides is 4. The summed E-state index contributed by atoms with van der Waals surface area (Å²) < 4.78 is 11.8. The van der Waals surface area contributed by atoms with E-state index >= 15 is 0 Å². The number of carbonyl (C=O) groups is 4.